The number of alkyl halides is 6. The van der Waals surface area contributed by atoms with Crippen molar-refractivity contribution in [3.8, 4) is 0 Å². The maximum Gasteiger partial charge on any atom is 0.490 e. The minimum absolute atomic E-state index is 0.104. The van der Waals surface area contributed by atoms with Crippen molar-refractivity contribution in [2.24, 2.45) is 4.99 Å². The van der Waals surface area contributed by atoms with Crippen molar-refractivity contribution in [2.45, 2.75) is 31.0 Å². The van der Waals surface area contributed by atoms with Gasteiger partial charge in [0.25, 0.3) is 0 Å². The number of hydrogen-bond acceptors (Lipinski definition) is 5. The highest BCUT2D eigenvalue weighted by molar-refractivity contribution is 5.86. The maximum atomic E-state index is 10.6. The Balaban J connectivity index is 0.000000333. The first kappa shape index (κ1) is 31.8. The molecule has 0 unspecified atom stereocenters. The fourth-order valence-corrected chi connectivity index (χ4v) is 3.40. The van der Waals surface area contributed by atoms with Gasteiger partial charge in [-0.1, -0.05) is 91.0 Å². The Morgan fingerprint density at radius 3 is 1.52 bits per heavy atom. The summed E-state index contributed by atoms with van der Waals surface area (Å²) in [5.74, 6) is -4.50. The molecule has 0 bridgehead atoms. The van der Waals surface area contributed by atoms with Crippen LogP contribution < -0.4 is 10.6 Å². The molecule has 13 heteroatoms. The SMILES string of the molecule is O=C(O)C(F)(F)F.O=C(O)C(F)(F)F.c1ccc(CNCC2=N[C@H](c3ccccc3)[C@H](c3ccccc3)N2)cc1. The van der Waals surface area contributed by atoms with E-state index in [1.54, 1.807) is 0 Å². The lowest BCUT2D eigenvalue weighted by molar-refractivity contribution is -0.193. The van der Waals surface area contributed by atoms with Crippen molar-refractivity contribution < 1.29 is 46.1 Å². The second kappa shape index (κ2) is 14.7. The summed E-state index contributed by atoms with van der Waals surface area (Å²) < 4.78 is 63.5. The topological polar surface area (TPSA) is 111 Å². The zero-order valence-corrected chi connectivity index (χ0v) is 20.7. The molecule has 1 aliphatic heterocycles. The summed E-state index contributed by atoms with van der Waals surface area (Å²) in [6.07, 6.45) is -10.2. The van der Waals surface area contributed by atoms with Crippen molar-refractivity contribution in [1.82, 2.24) is 10.6 Å². The second-order valence-corrected chi connectivity index (χ2v) is 8.16. The highest BCUT2D eigenvalue weighted by Crippen LogP contribution is 2.35. The van der Waals surface area contributed by atoms with Crippen molar-refractivity contribution in [3.63, 3.8) is 0 Å². The molecule has 3 aromatic rings. The molecule has 1 aliphatic rings. The van der Waals surface area contributed by atoms with Gasteiger partial charge in [0, 0.05) is 6.54 Å². The normalized spacial score (nSPS) is 16.3. The molecule has 3 aromatic carbocycles. The molecule has 0 aliphatic carbocycles. The molecule has 0 spiro atoms. The fraction of sp³-hybridized carbons (Fsp3) is 0.222. The van der Waals surface area contributed by atoms with E-state index in [1.165, 1.54) is 16.7 Å². The lowest BCUT2D eigenvalue weighted by Gasteiger charge is -2.19. The van der Waals surface area contributed by atoms with Crippen molar-refractivity contribution >= 4 is 17.8 Å². The standard InChI is InChI=1S/C23H23N3.2C2HF3O2/c1-4-10-18(11-5-1)16-24-17-21-25-22(19-12-6-2-7-13-19)23(26-21)20-14-8-3-9-15-20;2*3-2(4,5)1(6)7/h1-15,22-24H,16-17H2,(H,25,26);2*(H,6,7)/t22-,23+;;. The monoisotopic (exact) mass is 569 g/mol. The molecule has 0 fully saturated rings. The number of amidine groups is 1. The van der Waals surface area contributed by atoms with Crippen molar-refractivity contribution in [2.75, 3.05) is 6.54 Å². The van der Waals surface area contributed by atoms with Crippen LogP contribution in [0.2, 0.25) is 0 Å². The first-order chi connectivity index (χ1) is 18.8. The van der Waals surface area contributed by atoms with Gasteiger partial charge in [-0.2, -0.15) is 26.3 Å². The molecule has 0 amide bonds. The van der Waals surface area contributed by atoms with E-state index in [2.05, 4.69) is 95.6 Å². The third-order valence-electron chi connectivity index (χ3n) is 5.18. The van der Waals surface area contributed by atoms with Crippen LogP contribution in [0, 0.1) is 0 Å². The van der Waals surface area contributed by atoms with Gasteiger partial charge >= 0.3 is 24.3 Å². The van der Waals surface area contributed by atoms with Crippen LogP contribution in [-0.4, -0.2) is 46.9 Å². The first-order valence-electron chi connectivity index (χ1n) is 11.6. The third kappa shape index (κ3) is 10.8. The highest BCUT2D eigenvalue weighted by Gasteiger charge is 2.39. The molecular formula is C27H25F6N3O4. The van der Waals surface area contributed by atoms with E-state index in [4.69, 9.17) is 24.8 Å². The second-order valence-electron chi connectivity index (χ2n) is 8.16. The molecular weight excluding hydrogens is 544 g/mol. The molecule has 214 valence electrons. The summed E-state index contributed by atoms with van der Waals surface area (Å²) in [7, 11) is 0. The number of hydrogen-bond donors (Lipinski definition) is 4. The van der Waals surface area contributed by atoms with Gasteiger partial charge in [-0.05, 0) is 16.7 Å². The Morgan fingerprint density at radius 2 is 1.10 bits per heavy atom. The lowest BCUT2D eigenvalue weighted by atomic mass is 9.95. The number of carboxylic acids is 2. The van der Waals surface area contributed by atoms with Gasteiger partial charge in [0.1, 0.15) is 11.9 Å². The van der Waals surface area contributed by atoms with E-state index in [9.17, 15) is 26.3 Å². The number of halogens is 6. The number of aliphatic carboxylic acids is 2. The van der Waals surface area contributed by atoms with E-state index in [0.29, 0.717) is 0 Å². The largest absolute Gasteiger partial charge is 0.490 e. The molecule has 7 nitrogen and oxygen atoms in total. The summed E-state index contributed by atoms with van der Waals surface area (Å²) >= 11 is 0. The van der Waals surface area contributed by atoms with Gasteiger partial charge in [-0.25, -0.2) is 9.59 Å². The average molecular weight is 570 g/mol. The molecule has 0 aromatic heterocycles. The lowest BCUT2D eigenvalue weighted by Crippen LogP contribution is -2.32. The van der Waals surface area contributed by atoms with E-state index in [0.717, 1.165) is 18.9 Å². The molecule has 2 atom stereocenters. The first-order valence-corrected chi connectivity index (χ1v) is 11.6. The quantitative estimate of drug-likeness (QED) is 0.291. The predicted molar refractivity (Wildman–Crippen MR) is 134 cm³/mol. The Labute approximate surface area is 225 Å². The summed E-state index contributed by atoms with van der Waals surface area (Å²) in [6.45, 7) is 1.58. The fourth-order valence-electron chi connectivity index (χ4n) is 3.40. The summed E-state index contributed by atoms with van der Waals surface area (Å²) in [6, 6.07) is 31.8. The highest BCUT2D eigenvalue weighted by atomic mass is 19.4. The van der Waals surface area contributed by atoms with Gasteiger partial charge in [0.15, 0.2) is 0 Å². The summed E-state index contributed by atoms with van der Waals surface area (Å²) in [4.78, 5) is 22.8. The molecule has 4 rings (SSSR count). The number of aliphatic imine (C=N–C) groups is 1. The summed E-state index contributed by atoms with van der Waals surface area (Å²) in [5.41, 5.74) is 3.79. The van der Waals surface area contributed by atoms with Crippen LogP contribution in [0.5, 0.6) is 0 Å². The van der Waals surface area contributed by atoms with Crippen LogP contribution in [0.15, 0.2) is 96.0 Å². The van der Waals surface area contributed by atoms with Crippen LogP contribution >= 0.6 is 0 Å². The number of benzene rings is 3. The minimum atomic E-state index is -5.08. The Kier molecular flexibility index (Phi) is 11.7. The predicted octanol–water partition coefficient (Wildman–Crippen LogP) is 5.53. The zero-order chi connectivity index (χ0) is 29.8. The Hall–Kier alpha value is -4.39. The van der Waals surface area contributed by atoms with E-state index in [-0.39, 0.29) is 12.1 Å². The maximum absolute atomic E-state index is 10.6. The Morgan fingerprint density at radius 1 is 0.700 bits per heavy atom. The van der Waals surface area contributed by atoms with Gasteiger partial charge in [-0.15, -0.1) is 0 Å². The zero-order valence-electron chi connectivity index (χ0n) is 20.7. The molecule has 4 N–H and O–H groups in total. The van der Waals surface area contributed by atoms with Crippen molar-refractivity contribution in [3.05, 3.63) is 108 Å². The van der Waals surface area contributed by atoms with Crippen LogP contribution in [0.1, 0.15) is 28.8 Å². The molecule has 0 saturated carbocycles. The third-order valence-corrected chi connectivity index (χ3v) is 5.18. The van der Waals surface area contributed by atoms with Crippen molar-refractivity contribution in [1.29, 1.82) is 0 Å². The molecule has 0 saturated heterocycles. The van der Waals surface area contributed by atoms with Crippen LogP contribution in [-0.2, 0) is 16.1 Å². The van der Waals surface area contributed by atoms with Gasteiger partial charge < -0.3 is 20.8 Å². The van der Waals surface area contributed by atoms with Gasteiger partial charge in [-0.3, -0.25) is 4.99 Å². The number of nitrogens with zero attached hydrogens (tertiary/aromatic N) is 1. The van der Waals surface area contributed by atoms with E-state index >= 15 is 0 Å². The van der Waals surface area contributed by atoms with Crippen LogP contribution in [0.3, 0.4) is 0 Å². The molecule has 1 heterocycles. The Bertz CT molecular complexity index is 1210. The van der Waals surface area contributed by atoms with Gasteiger partial charge in [0.05, 0.1) is 12.6 Å². The summed E-state index contributed by atoms with van der Waals surface area (Å²) in [5, 5.41) is 21.4. The number of carboxylic acid groups (broad SMARTS) is 2. The van der Waals surface area contributed by atoms with E-state index < -0.39 is 24.3 Å². The number of rotatable bonds is 6. The smallest absolute Gasteiger partial charge is 0.475 e. The average Bonchev–Trinajstić information content (AvgIpc) is 3.34. The van der Waals surface area contributed by atoms with Gasteiger partial charge in [0.2, 0.25) is 0 Å². The molecule has 0 radical (unpaired) electrons. The van der Waals surface area contributed by atoms with Crippen LogP contribution in [0.4, 0.5) is 26.3 Å². The van der Waals surface area contributed by atoms with E-state index in [1.807, 2.05) is 6.07 Å². The van der Waals surface area contributed by atoms with Crippen LogP contribution in [0.25, 0.3) is 0 Å². The number of nitrogens with one attached hydrogen (secondary N) is 2. The molecule has 40 heavy (non-hydrogen) atoms. The minimum Gasteiger partial charge on any atom is -0.475 e. The number of carbonyl (C=O) groups is 2.